The Morgan fingerprint density at radius 1 is 1.11 bits per heavy atom. The van der Waals surface area contributed by atoms with Gasteiger partial charge < -0.3 is 5.11 Å². The normalized spacial score (nSPS) is 12.4. The van der Waals surface area contributed by atoms with Gasteiger partial charge in [0.05, 0.1) is 6.10 Å². The lowest BCUT2D eigenvalue weighted by molar-refractivity contribution is 0.178. The highest BCUT2D eigenvalue weighted by molar-refractivity contribution is 5.25. The molecule has 0 fully saturated rings. The van der Waals surface area contributed by atoms with Gasteiger partial charge in [0.1, 0.15) is 5.82 Å². The molecule has 0 saturated carbocycles. The van der Waals surface area contributed by atoms with Crippen LogP contribution in [0.5, 0.6) is 0 Å². The predicted octanol–water partition coefficient (Wildman–Crippen LogP) is 3.11. The average Bonchev–Trinajstić information content (AvgIpc) is 2.31. The van der Waals surface area contributed by atoms with Crippen LogP contribution in [-0.2, 0) is 6.42 Å². The minimum Gasteiger partial charge on any atom is -0.388 e. The predicted molar refractivity (Wildman–Crippen MR) is 68.8 cm³/mol. The molecule has 3 heteroatoms. The zero-order chi connectivity index (χ0) is 13.1. The van der Waals surface area contributed by atoms with E-state index in [1.807, 2.05) is 26.0 Å². The largest absolute Gasteiger partial charge is 0.388 e. The van der Waals surface area contributed by atoms with Crippen LogP contribution >= 0.6 is 0 Å². The number of halogens is 1. The van der Waals surface area contributed by atoms with Crippen LogP contribution in [0.25, 0.3) is 0 Å². The summed E-state index contributed by atoms with van der Waals surface area (Å²) in [5.41, 5.74) is 3.55. The van der Waals surface area contributed by atoms with Gasteiger partial charge in [-0.3, -0.25) is 4.98 Å². The summed E-state index contributed by atoms with van der Waals surface area (Å²) >= 11 is 0. The molecule has 18 heavy (non-hydrogen) atoms. The van der Waals surface area contributed by atoms with E-state index in [0.29, 0.717) is 6.42 Å². The van der Waals surface area contributed by atoms with Crippen molar-refractivity contribution in [2.24, 2.45) is 0 Å². The Labute approximate surface area is 106 Å². The van der Waals surface area contributed by atoms with Crippen LogP contribution in [0.2, 0.25) is 0 Å². The molecule has 1 unspecified atom stereocenters. The number of benzene rings is 1. The minimum absolute atomic E-state index is 0.260. The number of hydrogen-bond acceptors (Lipinski definition) is 2. The number of rotatable bonds is 3. The van der Waals surface area contributed by atoms with E-state index >= 15 is 0 Å². The van der Waals surface area contributed by atoms with Crippen molar-refractivity contribution >= 4 is 0 Å². The monoisotopic (exact) mass is 245 g/mol. The van der Waals surface area contributed by atoms with E-state index in [0.717, 1.165) is 22.5 Å². The number of aliphatic hydroxyl groups excluding tert-OH is 1. The van der Waals surface area contributed by atoms with Gasteiger partial charge in [0.25, 0.3) is 0 Å². The van der Waals surface area contributed by atoms with Crippen molar-refractivity contribution in [3.05, 3.63) is 64.7 Å². The van der Waals surface area contributed by atoms with Gasteiger partial charge in [-0.05, 0) is 49.2 Å². The summed E-state index contributed by atoms with van der Waals surface area (Å²) in [6.45, 7) is 3.81. The van der Waals surface area contributed by atoms with Crippen molar-refractivity contribution in [3.63, 3.8) is 0 Å². The van der Waals surface area contributed by atoms with Crippen molar-refractivity contribution in [1.29, 1.82) is 0 Å². The van der Waals surface area contributed by atoms with Crippen LogP contribution in [-0.4, -0.2) is 10.1 Å². The van der Waals surface area contributed by atoms with E-state index < -0.39 is 6.10 Å². The van der Waals surface area contributed by atoms with Gasteiger partial charge in [-0.25, -0.2) is 4.39 Å². The summed E-state index contributed by atoms with van der Waals surface area (Å²) in [6.07, 6.45) is -0.112. The number of aliphatic hydroxyl groups is 1. The van der Waals surface area contributed by atoms with E-state index in [-0.39, 0.29) is 5.82 Å². The highest BCUT2D eigenvalue weighted by Crippen LogP contribution is 2.19. The van der Waals surface area contributed by atoms with Crippen molar-refractivity contribution in [2.75, 3.05) is 0 Å². The first-order valence-electron chi connectivity index (χ1n) is 5.92. The quantitative estimate of drug-likeness (QED) is 0.901. The number of pyridine rings is 1. The Morgan fingerprint density at radius 3 is 2.22 bits per heavy atom. The Hall–Kier alpha value is -1.74. The van der Waals surface area contributed by atoms with Crippen LogP contribution in [0, 0.1) is 19.7 Å². The van der Waals surface area contributed by atoms with Gasteiger partial charge >= 0.3 is 0 Å². The summed E-state index contributed by atoms with van der Waals surface area (Å²) < 4.78 is 12.8. The first-order chi connectivity index (χ1) is 8.54. The maximum Gasteiger partial charge on any atom is 0.123 e. The Bertz CT molecular complexity index is 516. The molecule has 0 aliphatic carbocycles. The summed E-state index contributed by atoms with van der Waals surface area (Å²) in [5.74, 6) is -0.260. The lowest BCUT2D eigenvalue weighted by atomic mass is 10.0. The second-order valence-corrected chi connectivity index (χ2v) is 4.53. The molecule has 0 aliphatic heterocycles. The van der Waals surface area contributed by atoms with Gasteiger partial charge in [-0.15, -0.1) is 0 Å². The molecule has 1 N–H and O–H groups in total. The molecule has 1 heterocycles. The van der Waals surface area contributed by atoms with Crippen molar-refractivity contribution in [1.82, 2.24) is 4.98 Å². The zero-order valence-corrected chi connectivity index (χ0v) is 10.5. The molecule has 0 aliphatic rings. The topological polar surface area (TPSA) is 33.1 Å². The summed E-state index contributed by atoms with van der Waals surface area (Å²) in [7, 11) is 0. The smallest absolute Gasteiger partial charge is 0.123 e. The van der Waals surface area contributed by atoms with Gasteiger partial charge in [0.15, 0.2) is 0 Å². The Morgan fingerprint density at radius 2 is 1.67 bits per heavy atom. The molecule has 0 bridgehead atoms. The molecule has 1 atom stereocenters. The third-order valence-corrected chi connectivity index (χ3v) is 2.83. The molecule has 0 amide bonds. The summed E-state index contributed by atoms with van der Waals surface area (Å²) in [4.78, 5) is 4.27. The van der Waals surface area contributed by atoms with Gasteiger partial charge in [-0.1, -0.05) is 12.1 Å². The lowest BCUT2D eigenvalue weighted by Gasteiger charge is -2.12. The van der Waals surface area contributed by atoms with Gasteiger partial charge in [0, 0.05) is 17.8 Å². The Balaban J connectivity index is 2.16. The van der Waals surface area contributed by atoms with E-state index in [4.69, 9.17) is 0 Å². The number of nitrogens with zero attached hydrogens (tertiary/aromatic N) is 1. The van der Waals surface area contributed by atoms with Crippen LogP contribution in [0.1, 0.15) is 28.6 Å². The molecule has 0 spiro atoms. The molecule has 0 saturated heterocycles. The first-order valence-corrected chi connectivity index (χ1v) is 5.92. The number of hydrogen-bond donors (Lipinski definition) is 1. The van der Waals surface area contributed by atoms with Gasteiger partial charge in [0.2, 0.25) is 0 Å². The molecular weight excluding hydrogens is 229 g/mol. The van der Waals surface area contributed by atoms with Crippen molar-refractivity contribution in [2.45, 2.75) is 26.4 Å². The standard InChI is InChI=1S/C15H16FNO/c1-10-7-13(8-11(2)17-10)15(18)9-12-3-5-14(16)6-4-12/h3-8,15,18H,9H2,1-2H3. The highest BCUT2D eigenvalue weighted by atomic mass is 19.1. The maximum absolute atomic E-state index is 12.8. The third kappa shape index (κ3) is 3.14. The summed E-state index contributed by atoms with van der Waals surface area (Å²) in [5, 5.41) is 10.2. The van der Waals surface area contributed by atoms with Crippen molar-refractivity contribution in [3.8, 4) is 0 Å². The Kier molecular flexibility index (Phi) is 3.72. The fraction of sp³-hybridized carbons (Fsp3) is 0.267. The molecule has 1 aromatic heterocycles. The van der Waals surface area contributed by atoms with Crippen LogP contribution in [0.4, 0.5) is 4.39 Å². The van der Waals surface area contributed by atoms with Crippen LogP contribution in [0.15, 0.2) is 36.4 Å². The molecule has 1 aromatic carbocycles. The average molecular weight is 245 g/mol. The van der Waals surface area contributed by atoms with E-state index in [2.05, 4.69) is 4.98 Å². The second-order valence-electron chi connectivity index (χ2n) is 4.53. The highest BCUT2D eigenvalue weighted by Gasteiger charge is 2.10. The fourth-order valence-corrected chi connectivity index (χ4v) is 2.02. The zero-order valence-electron chi connectivity index (χ0n) is 10.5. The molecule has 2 rings (SSSR count). The second kappa shape index (κ2) is 5.27. The molecule has 0 radical (unpaired) electrons. The fourth-order valence-electron chi connectivity index (χ4n) is 2.02. The van der Waals surface area contributed by atoms with E-state index in [9.17, 15) is 9.50 Å². The van der Waals surface area contributed by atoms with Crippen molar-refractivity contribution < 1.29 is 9.50 Å². The van der Waals surface area contributed by atoms with E-state index in [1.165, 1.54) is 12.1 Å². The molecule has 2 nitrogen and oxygen atoms in total. The lowest BCUT2D eigenvalue weighted by Crippen LogP contribution is -2.03. The molecular formula is C15H16FNO. The third-order valence-electron chi connectivity index (χ3n) is 2.83. The SMILES string of the molecule is Cc1cc(C(O)Cc2ccc(F)cc2)cc(C)n1. The number of aromatic nitrogens is 1. The van der Waals surface area contributed by atoms with Gasteiger partial charge in [-0.2, -0.15) is 0 Å². The molecule has 2 aromatic rings. The first kappa shape index (κ1) is 12.7. The van der Waals surface area contributed by atoms with Crippen LogP contribution in [0.3, 0.4) is 0 Å². The number of aryl methyl sites for hydroxylation is 2. The van der Waals surface area contributed by atoms with Crippen LogP contribution < -0.4 is 0 Å². The molecule has 94 valence electrons. The minimum atomic E-state index is -0.587. The summed E-state index contributed by atoms with van der Waals surface area (Å²) in [6, 6.07) is 9.96. The van der Waals surface area contributed by atoms with E-state index in [1.54, 1.807) is 12.1 Å². The maximum atomic E-state index is 12.8.